The van der Waals surface area contributed by atoms with Crippen LogP contribution in [0.4, 0.5) is 0 Å². The van der Waals surface area contributed by atoms with Gasteiger partial charge in [0, 0.05) is 31.0 Å². The summed E-state index contributed by atoms with van der Waals surface area (Å²) in [5.41, 5.74) is 1.23. The van der Waals surface area contributed by atoms with Crippen LogP contribution in [0, 0.1) is 0 Å². The maximum Gasteiger partial charge on any atom is 0.165 e. The van der Waals surface area contributed by atoms with Crippen molar-refractivity contribution in [3.63, 3.8) is 0 Å². The first-order valence-electron chi connectivity index (χ1n) is 5.90. The molecule has 1 spiro atoms. The van der Waals surface area contributed by atoms with Crippen LogP contribution in [0.5, 0.6) is 0 Å². The summed E-state index contributed by atoms with van der Waals surface area (Å²) in [4.78, 5) is 2.49. The number of halogens is 2. The smallest absolute Gasteiger partial charge is 0.165 e. The first-order chi connectivity index (χ1) is 8.53. The minimum atomic E-state index is 0.279. The summed E-state index contributed by atoms with van der Waals surface area (Å²) >= 11 is 13.9. The third-order valence-electron chi connectivity index (χ3n) is 3.70. The second-order valence-electron chi connectivity index (χ2n) is 4.80. The van der Waals surface area contributed by atoms with E-state index in [4.69, 9.17) is 11.6 Å². The number of likely N-dealkylation sites (N-methyl/N-ethyl adjacent to an activating group) is 1. The predicted molar refractivity (Wildman–Crippen MR) is 83.6 cm³/mol. The van der Waals surface area contributed by atoms with Crippen LogP contribution in [-0.2, 0) is 7.05 Å². The Bertz CT molecular complexity index is 473. The van der Waals surface area contributed by atoms with Crippen molar-refractivity contribution in [1.29, 1.82) is 0 Å². The Hall–Kier alpha value is 0.640. The number of rotatable bonds is 1. The third-order valence-corrected chi connectivity index (χ3v) is 8.61. The first kappa shape index (κ1) is 13.6. The van der Waals surface area contributed by atoms with E-state index in [-0.39, 0.29) is 4.20 Å². The maximum absolute atomic E-state index is 6.10. The number of nitrogens with zero attached hydrogens (tertiary/aromatic N) is 3. The molecular weight excluding hydrogens is 354 g/mol. The summed E-state index contributed by atoms with van der Waals surface area (Å²) in [5, 5.41) is 4.87. The van der Waals surface area contributed by atoms with Crippen molar-refractivity contribution < 1.29 is 0 Å². The van der Waals surface area contributed by atoms with Gasteiger partial charge in [-0.2, -0.15) is 5.10 Å². The zero-order valence-corrected chi connectivity index (χ0v) is 14.3. The Morgan fingerprint density at radius 1 is 1.39 bits per heavy atom. The van der Waals surface area contributed by atoms with E-state index in [0.29, 0.717) is 11.1 Å². The van der Waals surface area contributed by atoms with Gasteiger partial charge >= 0.3 is 0 Å². The minimum absolute atomic E-state index is 0.279. The number of aryl methyl sites for hydroxylation is 1. The molecule has 3 heterocycles. The molecule has 2 aliphatic rings. The Labute approximate surface area is 129 Å². The lowest BCUT2D eigenvalue weighted by atomic mass is 10.1. The van der Waals surface area contributed by atoms with Gasteiger partial charge in [-0.3, -0.25) is 9.58 Å². The molecule has 100 valence electrons. The molecule has 0 aliphatic carbocycles. The van der Waals surface area contributed by atoms with Gasteiger partial charge in [0.1, 0.15) is 4.20 Å². The molecule has 1 aromatic heterocycles. The summed E-state index contributed by atoms with van der Waals surface area (Å²) in [5.74, 6) is 3.02. The summed E-state index contributed by atoms with van der Waals surface area (Å²) in [6, 6.07) is 0. The Morgan fingerprint density at radius 3 is 2.61 bits per heavy atom. The topological polar surface area (TPSA) is 21.1 Å². The normalized spacial score (nSPS) is 27.4. The van der Waals surface area contributed by atoms with E-state index in [1.807, 2.05) is 11.7 Å². The lowest BCUT2D eigenvalue weighted by Crippen LogP contribution is -2.32. The molecule has 2 saturated heterocycles. The SMILES string of the molecule is CN1CC(c2c(Br)c(Cl)nn2C)CC12SCCS2. The second-order valence-corrected chi connectivity index (χ2v) is 8.96. The molecule has 0 radical (unpaired) electrons. The molecule has 18 heavy (non-hydrogen) atoms. The van der Waals surface area contributed by atoms with Crippen molar-refractivity contribution >= 4 is 51.1 Å². The van der Waals surface area contributed by atoms with Crippen molar-refractivity contribution in [3.8, 4) is 0 Å². The van der Waals surface area contributed by atoms with Crippen molar-refractivity contribution in [1.82, 2.24) is 14.7 Å². The summed E-state index contributed by atoms with van der Waals surface area (Å²) in [6.07, 6.45) is 1.17. The van der Waals surface area contributed by atoms with Crippen LogP contribution in [-0.4, -0.2) is 44.0 Å². The van der Waals surface area contributed by atoms with E-state index < -0.39 is 0 Å². The molecule has 0 saturated carbocycles. The monoisotopic (exact) mass is 367 g/mol. The Kier molecular flexibility index (Phi) is 3.69. The van der Waals surface area contributed by atoms with Gasteiger partial charge in [0.2, 0.25) is 0 Å². The Balaban J connectivity index is 1.91. The molecule has 0 N–H and O–H groups in total. The van der Waals surface area contributed by atoms with Crippen molar-refractivity contribution in [3.05, 3.63) is 15.3 Å². The average molecular weight is 369 g/mol. The summed E-state index contributed by atoms with van der Waals surface area (Å²) in [7, 11) is 4.21. The van der Waals surface area contributed by atoms with Crippen LogP contribution in [0.25, 0.3) is 0 Å². The van der Waals surface area contributed by atoms with E-state index in [2.05, 4.69) is 56.5 Å². The number of likely N-dealkylation sites (tertiary alicyclic amines) is 1. The largest absolute Gasteiger partial charge is 0.283 e. The maximum atomic E-state index is 6.10. The minimum Gasteiger partial charge on any atom is -0.283 e. The quantitative estimate of drug-likeness (QED) is 0.757. The first-order valence-corrected chi connectivity index (χ1v) is 9.05. The molecule has 2 aliphatic heterocycles. The zero-order valence-electron chi connectivity index (χ0n) is 10.3. The summed E-state index contributed by atoms with van der Waals surface area (Å²) in [6.45, 7) is 1.08. The van der Waals surface area contributed by atoms with Crippen molar-refractivity contribution in [2.24, 2.45) is 7.05 Å². The van der Waals surface area contributed by atoms with Gasteiger partial charge in [-0.15, -0.1) is 23.5 Å². The van der Waals surface area contributed by atoms with Crippen LogP contribution >= 0.6 is 51.1 Å². The fraction of sp³-hybridized carbons (Fsp3) is 0.727. The van der Waals surface area contributed by atoms with E-state index >= 15 is 0 Å². The van der Waals surface area contributed by atoms with Crippen LogP contribution in [0.2, 0.25) is 5.15 Å². The highest BCUT2D eigenvalue weighted by Crippen LogP contribution is 2.56. The molecule has 1 atom stereocenters. The number of thioether (sulfide) groups is 2. The lowest BCUT2D eigenvalue weighted by Gasteiger charge is -2.29. The van der Waals surface area contributed by atoms with E-state index in [9.17, 15) is 0 Å². The summed E-state index contributed by atoms with van der Waals surface area (Å²) < 4.78 is 3.17. The average Bonchev–Trinajstić information content (AvgIpc) is 2.94. The molecule has 3 nitrogen and oxygen atoms in total. The molecule has 0 bridgehead atoms. The number of hydrogen-bond acceptors (Lipinski definition) is 4. The third kappa shape index (κ3) is 2.04. The molecule has 2 fully saturated rings. The Morgan fingerprint density at radius 2 is 2.06 bits per heavy atom. The predicted octanol–water partition coefficient (Wildman–Crippen LogP) is 3.39. The van der Waals surface area contributed by atoms with Gasteiger partial charge in [0.15, 0.2) is 5.15 Å². The van der Waals surface area contributed by atoms with Crippen molar-refractivity contribution in [2.45, 2.75) is 16.5 Å². The fourth-order valence-electron chi connectivity index (χ4n) is 2.89. The second kappa shape index (κ2) is 4.88. The van der Waals surface area contributed by atoms with Gasteiger partial charge in [0.05, 0.1) is 10.2 Å². The van der Waals surface area contributed by atoms with Gasteiger partial charge in [-0.1, -0.05) is 11.6 Å². The highest BCUT2D eigenvalue weighted by atomic mass is 79.9. The van der Waals surface area contributed by atoms with Gasteiger partial charge in [0.25, 0.3) is 0 Å². The van der Waals surface area contributed by atoms with E-state index in [0.717, 1.165) is 11.0 Å². The molecule has 0 aromatic carbocycles. The molecule has 3 rings (SSSR count). The van der Waals surface area contributed by atoms with E-state index in [1.165, 1.54) is 23.6 Å². The molecular formula is C11H15BrClN3S2. The van der Waals surface area contributed by atoms with Gasteiger partial charge in [-0.05, 0) is 29.4 Å². The standard InChI is InChI=1S/C11H15BrClN3S2/c1-15-6-7(5-11(15)17-3-4-18-11)9-8(12)10(13)14-16(9)2/h7H,3-6H2,1-2H3. The van der Waals surface area contributed by atoms with Gasteiger partial charge in [-0.25, -0.2) is 0 Å². The highest BCUT2D eigenvalue weighted by Gasteiger charge is 2.48. The van der Waals surface area contributed by atoms with Crippen LogP contribution in [0.1, 0.15) is 18.0 Å². The lowest BCUT2D eigenvalue weighted by molar-refractivity contribution is 0.362. The number of aromatic nitrogens is 2. The fourth-order valence-corrected chi connectivity index (χ4v) is 7.12. The van der Waals surface area contributed by atoms with Crippen LogP contribution in [0.3, 0.4) is 0 Å². The molecule has 1 unspecified atom stereocenters. The van der Waals surface area contributed by atoms with Crippen molar-refractivity contribution in [2.75, 3.05) is 25.1 Å². The number of hydrogen-bond donors (Lipinski definition) is 0. The zero-order chi connectivity index (χ0) is 12.9. The van der Waals surface area contributed by atoms with Crippen LogP contribution in [0.15, 0.2) is 4.47 Å². The van der Waals surface area contributed by atoms with Crippen LogP contribution < -0.4 is 0 Å². The molecule has 0 amide bonds. The highest BCUT2D eigenvalue weighted by molar-refractivity contribution is 9.10. The molecule has 7 heteroatoms. The van der Waals surface area contributed by atoms with E-state index in [1.54, 1.807) is 0 Å². The molecule has 1 aromatic rings. The van der Waals surface area contributed by atoms with Gasteiger partial charge < -0.3 is 0 Å².